The van der Waals surface area contributed by atoms with E-state index in [9.17, 15) is 0 Å². The Bertz CT molecular complexity index is 1340. The summed E-state index contributed by atoms with van der Waals surface area (Å²) in [6.07, 6.45) is 1.72. The molecule has 0 unspecified atom stereocenters. The largest absolute Gasteiger partial charge is 0.493 e. The van der Waals surface area contributed by atoms with Gasteiger partial charge in [0, 0.05) is 27.9 Å². The first-order chi connectivity index (χ1) is 14.3. The third-order valence-electron chi connectivity index (χ3n) is 4.38. The van der Waals surface area contributed by atoms with Crippen molar-refractivity contribution in [2.24, 2.45) is 4.99 Å². The minimum absolute atomic E-state index is 0.464. The van der Waals surface area contributed by atoms with Crippen LogP contribution in [0.15, 0.2) is 81.0 Å². The molecule has 0 bridgehead atoms. The lowest BCUT2D eigenvalue weighted by Crippen LogP contribution is -2.05. The van der Waals surface area contributed by atoms with Crippen LogP contribution in [0.5, 0.6) is 5.75 Å². The summed E-state index contributed by atoms with van der Waals surface area (Å²) in [5.74, 6) is 0.661. The zero-order valence-electron chi connectivity index (χ0n) is 15.4. The van der Waals surface area contributed by atoms with Crippen LogP contribution in [-0.4, -0.2) is 17.1 Å². The van der Waals surface area contributed by atoms with Crippen LogP contribution in [-0.2, 0) is 0 Å². The van der Waals surface area contributed by atoms with Gasteiger partial charge < -0.3 is 9.15 Å². The highest BCUT2D eigenvalue weighted by Crippen LogP contribution is 2.31. The molecule has 0 atom stereocenters. The average molecular weight is 418 g/mol. The van der Waals surface area contributed by atoms with Crippen LogP contribution in [0.3, 0.4) is 0 Å². The summed E-state index contributed by atoms with van der Waals surface area (Å²) >= 11 is 3.02. The van der Waals surface area contributed by atoms with Crippen LogP contribution in [0.1, 0.15) is 0 Å². The fraction of sp³-hybridized carbons (Fsp3) is 0.0455. The van der Waals surface area contributed by atoms with Crippen LogP contribution < -0.4 is 10.3 Å². The number of rotatable bonds is 4. The van der Waals surface area contributed by atoms with Crippen molar-refractivity contribution >= 4 is 38.8 Å². The Kier molecular flexibility index (Phi) is 4.67. The molecular formula is C22H15N3O2S2. The second-order valence-electron chi connectivity index (χ2n) is 6.17. The summed E-state index contributed by atoms with van der Waals surface area (Å²) in [6.45, 7) is 0. The molecule has 29 heavy (non-hydrogen) atoms. The van der Waals surface area contributed by atoms with Gasteiger partial charge in [0.15, 0.2) is 11.3 Å². The third-order valence-corrected chi connectivity index (χ3v) is 5.92. The molecule has 0 spiro atoms. The van der Waals surface area contributed by atoms with Gasteiger partial charge in [-0.25, -0.2) is 9.97 Å². The zero-order valence-corrected chi connectivity index (χ0v) is 17.0. The maximum Gasteiger partial charge on any atom is 0.232 e. The standard InChI is InChI=1S/C22H15N3O2S2/c1-26-18-9-5-8-15-12-16(20(27-19(15)18)25-22-23-10-11-28-22)21-24-17(13-29-21)14-6-3-2-4-7-14/h2-13H,1H3. The molecular weight excluding hydrogens is 402 g/mol. The maximum absolute atomic E-state index is 6.20. The van der Waals surface area contributed by atoms with Gasteiger partial charge in [-0.15, -0.1) is 22.7 Å². The van der Waals surface area contributed by atoms with Crippen molar-refractivity contribution in [3.8, 4) is 27.6 Å². The predicted octanol–water partition coefficient (Wildman–Crippen LogP) is 5.92. The summed E-state index contributed by atoms with van der Waals surface area (Å²) in [5.41, 5.74) is 3.94. The highest BCUT2D eigenvalue weighted by atomic mass is 32.1. The van der Waals surface area contributed by atoms with E-state index in [0.717, 1.165) is 27.2 Å². The van der Waals surface area contributed by atoms with Gasteiger partial charge in [0.05, 0.1) is 18.4 Å². The van der Waals surface area contributed by atoms with E-state index >= 15 is 0 Å². The molecule has 7 heteroatoms. The summed E-state index contributed by atoms with van der Waals surface area (Å²) in [5, 5.41) is 6.33. The molecule has 0 fully saturated rings. The Balaban J connectivity index is 1.73. The molecule has 142 valence electrons. The molecule has 0 saturated heterocycles. The summed E-state index contributed by atoms with van der Waals surface area (Å²) in [4.78, 5) is 13.7. The summed E-state index contributed by atoms with van der Waals surface area (Å²) < 4.78 is 11.7. The van der Waals surface area contributed by atoms with E-state index in [0.29, 0.717) is 22.0 Å². The van der Waals surface area contributed by atoms with Crippen molar-refractivity contribution in [2.45, 2.75) is 0 Å². The van der Waals surface area contributed by atoms with Crippen LogP contribution in [0.2, 0.25) is 0 Å². The highest BCUT2D eigenvalue weighted by molar-refractivity contribution is 7.13. The van der Waals surface area contributed by atoms with E-state index in [1.54, 1.807) is 24.6 Å². The van der Waals surface area contributed by atoms with Crippen molar-refractivity contribution in [3.05, 3.63) is 77.1 Å². The molecule has 3 heterocycles. The van der Waals surface area contributed by atoms with E-state index in [4.69, 9.17) is 14.1 Å². The minimum atomic E-state index is 0.464. The number of hydrogen-bond acceptors (Lipinski definition) is 7. The van der Waals surface area contributed by atoms with E-state index < -0.39 is 0 Å². The van der Waals surface area contributed by atoms with E-state index in [1.165, 1.54) is 11.3 Å². The van der Waals surface area contributed by atoms with Gasteiger partial charge in [0.2, 0.25) is 10.7 Å². The van der Waals surface area contributed by atoms with Gasteiger partial charge >= 0.3 is 0 Å². The Morgan fingerprint density at radius 2 is 1.93 bits per heavy atom. The van der Waals surface area contributed by atoms with E-state index in [2.05, 4.69) is 22.1 Å². The molecule has 0 aliphatic carbocycles. The molecule has 0 saturated carbocycles. The first-order valence-electron chi connectivity index (χ1n) is 8.88. The van der Waals surface area contributed by atoms with Gasteiger partial charge in [0.1, 0.15) is 5.01 Å². The average Bonchev–Trinajstić information content (AvgIpc) is 3.46. The number of para-hydroxylation sites is 1. The highest BCUT2D eigenvalue weighted by Gasteiger charge is 2.14. The van der Waals surface area contributed by atoms with Crippen LogP contribution in [0, 0.1) is 0 Å². The van der Waals surface area contributed by atoms with Crippen molar-refractivity contribution in [2.75, 3.05) is 7.11 Å². The Morgan fingerprint density at radius 3 is 2.72 bits per heavy atom. The van der Waals surface area contributed by atoms with Gasteiger partial charge in [-0.3, -0.25) is 0 Å². The van der Waals surface area contributed by atoms with Gasteiger partial charge in [-0.1, -0.05) is 42.5 Å². The Morgan fingerprint density at radius 1 is 1.03 bits per heavy atom. The predicted molar refractivity (Wildman–Crippen MR) is 117 cm³/mol. The molecule has 0 amide bonds. The van der Waals surface area contributed by atoms with E-state index in [1.807, 2.05) is 53.2 Å². The zero-order chi connectivity index (χ0) is 19.6. The lowest BCUT2D eigenvalue weighted by molar-refractivity contribution is 0.406. The topological polar surface area (TPSA) is 60.5 Å². The van der Waals surface area contributed by atoms with Crippen molar-refractivity contribution < 1.29 is 9.15 Å². The number of nitrogens with zero attached hydrogens (tertiary/aromatic N) is 3. The van der Waals surface area contributed by atoms with Gasteiger partial charge in [0.25, 0.3) is 0 Å². The fourth-order valence-electron chi connectivity index (χ4n) is 3.02. The molecule has 0 N–H and O–H groups in total. The monoisotopic (exact) mass is 417 g/mol. The molecule has 5 nitrogen and oxygen atoms in total. The fourth-order valence-corrected chi connectivity index (χ4v) is 4.36. The number of ether oxygens (including phenoxy) is 1. The number of benzene rings is 2. The Hall–Kier alpha value is -3.29. The molecule has 2 aromatic carbocycles. The SMILES string of the molecule is COc1cccc2cc(-c3nc(-c4ccccc4)cs3)c(=Nc3nccs3)oc12. The number of thiazole rings is 2. The lowest BCUT2D eigenvalue weighted by atomic mass is 10.1. The van der Waals surface area contributed by atoms with Crippen LogP contribution >= 0.6 is 22.7 Å². The normalized spacial score (nSPS) is 11.8. The van der Waals surface area contributed by atoms with Crippen LogP contribution in [0.25, 0.3) is 32.8 Å². The molecule has 3 aromatic heterocycles. The number of aromatic nitrogens is 2. The number of hydrogen-bond donors (Lipinski definition) is 0. The maximum atomic E-state index is 6.20. The summed E-state index contributed by atoms with van der Waals surface area (Å²) in [7, 11) is 1.63. The van der Waals surface area contributed by atoms with Crippen molar-refractivity contribution in [1.82, 2.24) is 9.97 Å². The summed E-state index contributed by atoms with van der Waals surface area (Å²) in [6, 6.07) is 18.0. The van der Waals surface area contributed by atoms with E-state index in [-0.39, 0.29) is 0 Å². The van der Waals surface area contributed by atoms with Crippen molar-refractivity contribution in [3.63, 3.8) is 0 Å². The molecule has 0 aliphatic heterocycles. The third kappa shape index (κ3) is 3.46. The minimum Gasteiger partial charge on any atom is -0.493 e. The molecule has 0 radical (unpaired) electrons. The smallest absolute Gasteiger partial charge is 0.232 e. The Labute approximate surface area is 174 Å². The lowest BCUT2D eigenvalue weighted by Gasteiger charge is -2.06. The molecule has 5 aromatic rings. The second kappa shape index (κ2) is 7.62. The van der Waals surface area contributed by atoms with Crippen molar-refractivity contribution in [1.29, 1.82) is 0 Å². The number of methoxy groups -OCH3 is 1. The van der Waals surface area contributed by atoms with Crippen LogP contribution in [0.4, 0.5) is 5.13 Å². The van der Waals surface area contributed by atoms with Gasteiger partial charge in [-0.05, 0) is 12.1 Å². The first-order valence-corrected chi connectivity index (χ1v) is 10.6. The first kappa shape index (κ1) is 17.8. The number of fused-ring (bicyclic) bond motifs is 1. The molecule has 5 rings (SSSR count). The quantitative estimate of drug-likeness (QED) is 0.364. The van der Waals surface area contributed by atoms with Gasteiger partial charge in [-0.2, -0.15) is 4.99 Å². The second-order valence-corrected chi connectivity index (χ2v) is 7.91. The molecule has 0 aliphatic rings.